The summed E-state index contributed by atoms with van der Waals surface area (Å²) in [4.78, 5) is 27.9. The summed E-state index contributed by atoms with van der Waals surface area (Å²) in [7, 11) is 0. The van der Waals surface area contributed by atoms with Gasteiger partial charge >= 0.3 is 0 Å². The second-order valence-corrected chi connectivity index (χ2v) is 5.89. The molecule has 3 heterocycles. The van der Waals surface area contributed by atoms with Gasteiger partial charge in [-0.25, -0.2) is 0 Å². The zero-order valence-corrected chi connectivity index (χ0v) is 13.6. The molecule has 0 radical (unpaired) electrons. The van der Waals surface area contributed by atoms with E-state index in [0.717, 1.165) is 0 Å². The average Bonchev–Trinajstić information content (AvgIpc) is 3.04. The minimum Gasteiger partial charge on any atom is -0.360 e. The van der Waals surface area contributed by atoms with Gasteiger partial charge in [0.05, 0.1) is 6.54 Å². The number of benzene rings is 1. The number of nitrogens with zero attached hydrogens (tertiary/aromatic N) is 3. The lowest BCUT2D eigenvalue weighted by atomic mass is 10.1. The summed E-state index contributed by atoms with van der Waals surface area (Å²) in [5.41, 5.74) is 0.947. The first-order valence-electron chi connectivity index (χ1n) is 7.51. The zero-order chi connectivity index (χ0) is 17.4. The number of carbonyl (C=O) groups excluding carboxylic acids is 1. The van der Waals surface area contributed by atoms with Gasteiger partial charge in [-0.2, -0.15) is 0 Å². The van der Waals surface area contributed by atoms with E-state index >= 15 is 0 Å². The largest absolute Gasteiger partial charge is 0.360 e. The van der Waals surface area contributed by atoms with Crippen molar-refractivity contribution in [2.24, 2.45) is 0 Å². The Balaban J connectivity index is 1.62. The van der Waals surface area contributed by atoms with Crippen LogP contribution in [0.1, 0.15) is 16.2 Å². The van der Waals surface area contributed by atoms with Crippen molar-refractivity contribution < 1.29 is 4.79 Å². The van der Waals surface area contributed by atoms with Crippen molar-refractivity contribution in [3.8, 4) is 0 Å². The van der Waals surface area contributed by atoms with E-state index < -0.39 is 5.91 Å². The molecule has 25 heavy (non-hydrogen) atoms. The van der Waals surface area contributed by atoms with E-state index in [1.165, 1.54) is 6.20 Å². The normalized spacial score (nSPS) is 11.1. The molecule has 0 unspecified atom stereocenters. The lowest BCUT2D eigenvalue weighted by Crippen LogP contribution is -2.29. The molecule has 0 spiro atoms. The molecule has 0 bridgehead atoms. The zero-order valence-electron chi connectivity index (χ0n) is 12.9. The lowest BCUT2D eigenvalue weighted by Gasteiger charge is -2.05. The number of carbonyl (C=O) groups is 1. The topological polar surface area (TPSA) is 92.2 Å². The van der Waals surface area contributed by atoms with Crippen LogP contribution in [0.5, 0.6) is 0 Å². The maximum absolute atomic E-state index is 12.5. The maximum Gasteiger partial charge on any atom is 0.257 e. The Morgan fingerprint density at radius 1 is 1.24 bits per heavy atom. The van der Waals surface area contributed by atoms with Crippen LogP contribution in [0.25, 0.3) is 16.6 Å². The third kappa shape index (κ3) is 2.74. The number of fused-ring (bicyclic) bond motifs is 2. The number of aromatic amines is 1. The van der Waals surface area contributed by atoms with Gasteiger partial charge in [0.1, 0.15) is 5.56 Å². The number of amides is 1. The van der Waals surface area contributed by atoms with Crippen LogP contribution in [0.2, 0.25) is 5.02 Å². The average molecular weight is 354 g/mol. The van der Waals surface area contributed by atoms with Gasteiger partial charge in [-0.3, -0.25) is 14.0 Å². The highest BCUT2D eigenvalue weighted by atomic mass is 35.5. The number of hydrogen-bond donors (Lipinski definition) is 2. The molecule has 3 aromatic heterocycles. The monoisotopic (exact) mass is 353 g/mol. The number of aromatic nitrogens is 4. The first-order chi connectivity index (χ1) is 12.1. The quantitative estimate of drug-likeness (QED) is 0.590. The first kappa shape index (κ1) is 15.3. The van der Waals surface area contributed by atoms with Gasteiger partial charge in [-0.15, -0.1) is 10.2 Å². The van der Waals surface area contributed by atoms with E-state index in [9.17, 15) is 9.59 Å². The molecule has 0 saturated heterocycles. The predicted molar refractivity (Wildman–Crippen MR) is 93.7 cm³/mol. The van der Waals surface area contributed by atoms with Gasteiger partial charge in [0.2, 0.25) is 5.43 Å². The summed E-state index contributed by atoms with van der Waals surface area (Å²) in [6.07, 6.45) is 3.21. The van der Waals surface area contributed by atoms with Crippen molar-refractivity contribution in [1.29, 1.82) is 0 Å². The second-order valence-electron chi connectivity index (χ2n) is 5.45. The molecule has 4 aromatic rings. The van der Waals surface area contributed by atoms with E-state index in [0.29, 0.717) is 27.4 Å². The standard InChI is InChI=1S/C17H12ClN5O2/c18-10-4-5-13-11(7-10)16(24)12(8-19-13)17(25)20-9-15-22-21-14-3-1-2-6-23(14)15/h1-8H,9H2,(H,19,24)(H,20,25). The molecule has 0 fully saturated rings. The Hall–Kier alpha value is -3.19. The van der Waals surface area contributed by atoms with Gasteiger partial charge in [0, 0.05) is 28.3 Å². The van der Waals surface area contributed by atoms with Crippen LogP contribution in [0, 0.1) is 0 Å². The van der Waals surface area contributed by atoms with Crippen LogP contribution in [-0.2, 0) is 6.54 Å². The summed E-state index contributed by atoms with van der Waals surface area (Å²) >= 11 is 5.94. The number of hydrogen-bond acceptors (Lipinski definition) is 4. The number of halogens is 1. The van der Waals surface area contributed by atoms with Gasteiger partial charge in [0.15, 0.2) is 11.5 Å². The van der Waals surface area contributed by atoms with Crippen molar-refractivity contribution in [3.63, 3.8) is 0 Å². The predicted octanol–water partition coefficient (Wildman–Crippen LogP) is 2.15. The fourth-order valence-corrected chi connectivity index (χ4v) is 2.80. The van der Waals surface area contributed by atoms with E-state index in [-0.39, 0.29) is 17.5 Å². The Morgan fingerprint density at radius 3 is 3.00 bits per heavy atom. The third-order valence-corrected chi connectivity index (χ3v) is 4.11. The van der Waals surface area contributed by atoms with E-state index in [2.05, 4.69) is 20.5 Å². The molecule has 0 saturated carbocycles. The molecular weight excluding hydrogens is 342 g/mol. The van der Waals surface area contributed by atoms with Crippen molar-refractivity contribution in [3.05, 3.63) is 75.4 Å². The third-order valence-electron chi connectivity index (χ3n) is 3.88. The molecule has 0 atom stereocenters. The smallest absolute Gasteiger partial charge is 0.257 e. The summed E-state index contributed by atoms with van der Waals surface area (Å²) < 4.78 is 1.77. The minimum absolute atomic E-state index is 0.0172. The van der Waals surface area contributed by atoms with Crippen molar-refractivity contribution >= 4 is 34.1 Å². The molecule has 8 heteroatoms. The number of pyridine rings is 2. The molecule has 0 aliphatic heterocycles. The first-order valence-corrected chi connectivity index (χ1v) is 7.89. The van der Waals surface area contributed by atoms with Crippen LogP contribution in [0.15, 0.2) is 53.6 Å². The molecule has 0 aliphatic carbocycles. The summed E-state index contributed by atoms with van der Waals surface area (Å²) in [6.45, 7) is 0.150. The van der Waals surface area contributed by atoms with Gasteiger partial charge in [0.25, 0.3) is 5.91 Å². The summed E-state index contributed by atoms with van der Waals surface area (Å²) in [5.74, 6) is 0.0834. The molecule has 7 nitrogen and oxygen atoms in total. The lowest BCUT2D eigenvalue weighted by molar-refractivity contribution is 0.0948. The number of nitrogens with one attached hydrogen (secondary N) is 2. The van der Waals surface area contributed by atoms with Crippen LogP contribution in [-0.4, -0.2) is 25.5 Å². The molecule has 4 rings (SSSR count). The van der Waals surface area contributed by atoms with Crippen molar-refractivity contribution in [2.75, 3.05) is 0 Å². The van der Waals surface area contributed by atoms with Crippen LogP contribution < -0.4 is 10.7 Å². The Kier molecular flexibility index (Phi) is 3.70. The highest BCUT2D eigenvalue weighted by Gasteiger charge is 2.14. The highest BCUT2D eigenvalue weighted by molar-refractivity contribution is 6.31. The molecule has 2 N–H and O–H groups in total. The fourth-order valence-electron chi connectivity index (χ4n) is 2.63. The Morgan fingerprint density at radius 2 is 2.12 bits per heavy atom. The summed E-state index contributed by atoms with van der Waals surface area (Å²) in [6, 6.07) is 10.4. The van der Waals surface area contributed by atoms with Crippen LogP contribution >= 0.6 is 11.6 Å². The summed E-state index contributed by atoms with van der Waals surface area (Å²) in [5, 5.41) is 11.6. The van der Waals surface area contributed by atoms with Gasteiger partial charge < -0.3 is 10.3 Å². The van der Waals surface area contributed by atoms with Crippen molar-refractivity contribution in [2.45, 2.75) is 6.54 Å². The molecule has 1 amide bonds. The molecular formula is C17H12ClN5O2. The minimum atomic E-state index is -0.490. The van der Waals surface area contributed by atoms with E-state index in [1.807, 2.05) is 24.4 Å². The van der Waals surface area contributed by atoms with Crippen molar-refractivity contribution in [1.82, 2.24) is 24.9 Å². The molecule has 0 aliphatic rings. The SMILES string of the molecule is O=C(NCc1nnc2ccccn12)c1c[nH]c2ccc(Cl)cc2c1=O. The number of H-pyrrole nitrogens is 1. The van der Waals surface area contributed by atoms with Gasteiger partial charge in [-0.1, -0.05) is 17.7 Å². The second kappa shape index (κ2) is 6.03. The Labute approximate surface area is 146 Å². The van der Waals surface area contributed by atoms with E-state index in [1.54, 1.807) is 22.6 Å². The van der Waals surface area contributed by atoms with E-state index in [4.69, 9.17) is 11.6 Å². The van der Waals surface area contributed by atoms with Gasteiger partial charge in [-0.05, 0) is 30.3 Å². The molecule has 1 aromatic carbocycles. The van der Waals surface area contributed by atoms with Crippen LogP contribution in [0.4, 0.5) is 0 Å². The maximum atomic E-state index is 12.5. The number of rotatable bonds is 3. The molecule has 124 valence electrons. The highest BCUT2D eigenvalue weighted by Crippen LogP contribution is 2.15. The Bertz CT molecular complexity index is 1160. The fraction of sp³-hybridized carbons (Fsp3) is 0.0588. The van der Waals surface area contributed by atoms with Crippen LogP contribution in [0.3, 0.4) is 0 Å².